The minimum absolute atomic E-state index is 0.221. The lowest BCUT2D eigenvalue weighted by molar-refractivity contribution is 0.150. The van der Waals surface area contributed by atoms with Crippen LogP contribution in [0.2, 0.25) is 10.0 Å². The van der Waals surface area contributed by atoms with Crippen molar-refractivity contribution in [3.05, 3.63) is 33.8 Å². The van der Waals surface area contributed by atoms with Gasteiger partial charge in [-0.1, -0.05) is 37.0 Å². The molecule has 0 amide bonds. The number of ether oxygens (including phenoxy) is 1. The van der Waals surface area contributed by atoms with E-state index >= 15 is 0 Å². The van der Waals surface area contributed by atoms with Crippen LogP contribution in [0.3, 0.4) is 0 Å². The highest BCUT2D eigenvalue weighted by molar-refractivity contribution is 6.34. The Morgan fingerprint density at radius 2 is 1.78 bits per heavy atom. The monoisotopic (exact) mass is 289 g/mol. The molecule has 0 radical (unpaired) electrons. The van der Waals surface area contributed by atoms with Gasteiger partial charge in [0.25, 0.3) is 0 Å². The molecule has 1 rings (SSSR count). The van der Waals surface area contributed by atoms with Crippen molar-refractivity contribution in [2.45, 2.75) is 26.8 Å². The summed E-state index contributed by atoms with van der Waals surface area (Å²) >= 11 is 11.9. The van der Waals surface area contributed by atoms with Crippen LogP contribution in [0.25, 0.3) is 0 Å². The minimum atomic E-state index is 0.221. The molecule has 0 aliphatic heterocycles. The van der Waals surface area contributed by atoms with Crippen molar-refractivity contribution in [2.24, 2.45) is 5.41 Å². The van der Waals surface area contributed by atoms with Gasteiger partial charge >= 0.3 is 0 Å². The molecule has 1 aromatic rings. The quantitative estimate of drug-likeness (QED) is 0.814. The number of benzene rings is 1. The van der Waals surface area contributed by atoms with Crippen LogP contribution in [0.15, 0.2) is 18.2 Å². The smallest absolute Gasteiger partial charge is 0.0467 e. The SMILES string of the molecule is COCCC(C)(C)CNCc1cc(Cl)cc(Cl)c1. The maximum absolute atomic E-state index is 5.96. The maximum Gasteiger partial charge on any atom is 0.0467 e. The molecular formula is C14H21Cl2NO. The summed E-state index contributed by atoms with van der Waals surface area (Å²) in [4.78, 5) is 0. The molecule has 0 fully saturated rings. The van der Waals surface area contributed by atoms with Crippen LogP contribution in [0.5, 0.6) is 0 Å². The van der Waals surface area contributed by atoms with Gasteiger partial charge in [0, 0.05) is 36.9 Å². The van der Waals surface area contributed by atoms with Crippen LogP contribution in [-0.2, 0) is 11.3 Å². The Morgan fingerprint density at radius 3 is 2.33 bits per heavy atom. The summed E-state index contributed by atoms with van der Waals surface area (Å²) < 4.78 is 5.11. The van der Waals surface area contributed by atoms with Crippen LogP contribution < -0.4 is 5.32 Å². The lowest BCUT2D eigenvalue weighted by Crippen LogP contribution is -2.30. The van der Waals surface area contributed by atoms with Crippen LogP contribution in [-0.4, -0.2) is 20.3 Å². The molecule has 0 saturated carbocycles. The third kappa shape index (κ3) is 6.05. The molecule has 0 atom stereocenters. The molecule has 102 valence electrons. The number of methoxy groups -OCH3 is 1. The fourth-order valence-electron chi connectivity index (χ4n) is 1.72. The zero-order chi connectivity index (χ0) is 13.6. The van der Waals surface area contributed by atoms with Gasteiger partial charge in [-0.3, -0.25) is 0 Å². The third-order valence-corrected chi connectivity index (χ3v) is 3.27. The first-order valence-electron chi connectivity index (χ1n) is 6.07. The number of nitrogens with one attached hydrogen (secondary N) is 1. The Labute approximate surface area is 120 Å². The van der Waals surface area contributed by atoms with Crippen LogP contribution in [0, 0.1) is 5.41 Å². The van der Waals surface area contributed by atoms with Gasteiger partial charge in [0.05, 0.1) is 0 Å². The second-order valence-electron chi connectivity index (χ2n) is 5.29. The second-order valence-corrected chi connectivity index (χ2v) is 6.16. The fourth-order valence-corrected chi connectivity index (χ4v) is 2.30. The molecule has 1 N–H and O–H groups in total. The molecule has 0 bridgehead atoms. The maximum atomic E-state index is 5.96. The molecule has 18 heavy (non-hydrogen) atoms. The summed E-state index contributed by atoms with van der Waals surface area (Å²) in [7, 11) is 1.73. The van der Waals surface area contributed by atoms with Crippen LogP contribution in [0.4, 0.5) is 0 Å². The fraction of sp³-hybridized carbons (Fsp3) is 0.571. The predicted octanol–water partition coefficient (Wildman–Crippen LogP) is 4.15. The summed E-state index contributed by atoms with van der Waals surface area (Å²) in [6.45, 7) is 6.95. The lowest BCUT2D eigenvalue weighted by Gasteiger charge is -2.24. The van der Waals surface area contributed by atoms with Crippen molar-refractivity contribution >= 4 is 23.2 Å². The molecule has 0 spiro atoms. The average molecular weight is 290 g/mol. The lowest BCUT2D eigenvalue weighted by atomic mass is 9.89. The Bertz CT molecular complexity index is 360. The summed E-state index contributed by atoms with van der Waals surface area (Å²) in [5.41, 5.74) is 1.33. The number of hydrogen-bond donors (Lipinski definition) is 1. The van der Waals surface area contributed by atoms with Gasteiger partial charge in [-0.05, 0) is 35.6 Å². The van der Waals surface area contributed by atoms with Crippen molar-refractivity contribution in [2.75, 3.05) is 20.3 Å². The van der Waals surface area contributed by atoms with Gasteiger partial charge in [0.1, 0.15) is 0 Å². The van der Waals surface area contributed by atoms with E-state index in [-0.39, 0.29) is 5.41 Å². The zero-order valence-corrected chi connectivity index (χ0v) is 12.7. The first kappa shape index (κ1) is 15.8. The summed E-state index contributed by atoms with van der Waals surface area (Å²) in [5, 5.41) is 4.79. The van der Waals surface area contributed by atoms with E-state index in [4.69, 9.17) is 27.9 Å². The molecule has 0 heterocycles. The first-order chi connectivity index (χ1) is 8.43. The van der Waals surface area contributed by atoms with E-state index in [1.807, 2.05) is 12.1 Å². The molecule has 1 aromatic carbocycles. The van der Waals surface area contributed by atoms with Gasteiger partial charge < -0.3 is 10.1 Å². The highest BCUT2D eigenvalue weighted by Crippen LogP contribution is 2.21. The number of halogens is 2. The highest BCUT2D eigenvalue weighted by atomic mass is 35.5. The van der Waals surface area contributed by atoms with Crippen LogP contribution in [0.1, 0.15) is 25.8 Å². The van der Waals surface area contributed by atoms with E-state index in [0.717, 1.165) is 31.7 Å². The topological polar surface area (TPSA) is 21.3 Å². The highest BCUT2D eigenvalue weighted by Gasteiger charge is 2.16. The van der Waals surface area contributed by atoms with E-state index in [2.05, 4.69) is 19.2 Å². The van der Waals surface area contributed by atoms with Gasteiger partial charge in [-0.25, -0.2) is 0 Å². The standard InChI is InChI=1S/C14H21Cl2NO/c1-14(2,4-5-18-3)10-17-9-11-6-12(15)8-13(16)7-11/h6-8,17H,4-5,9-10H2,1-3H3. The molecule has 0 saturated heterocycles. The molecular weight excluding hydrogens is 269 g/mol. The third-order valence-electron chi connectivity index (χ3n) is 2.84. The second kappa shape index (κ2) is 7.34. The Kier molecular flexibility index (Phi) is 6.44. The molecule has 4 heteroatoms. The summed E-state index contributed by atoms with van der Waals surface area (Å²) in [5.74, 6) is 0. The predicted molar refractivity (Wildman–Crippen MR) is 78.4 cm³/mol. The Hall–Kier alpha value is -0.280. The molecule has 0 aromatic heterocycles. The first-order valence-corrected chi connectivity index (χ1v) is 6.83. The van der Waals surface area contributed by atoms with E-state index in [1.54, 1.807) is 13.2 Å². The number of rotatable bonds is 7. The Balaban J connectivity index is 2.41. The summed E-state index contributed by atoms with van der Waals surface area (Å²) in [6, 6.07) is 5.61. The summed E-state index contributed by atoms with van der Waals surface area (Å²) in [6.07, 6.45) is 1.03. The van der Waals surface area contributed by atoms with E-state index < -0.39 is 0 Å². The van der Waals surface area contributed by atoms with Crippen molar-refractivity contribution in [3.8, 4) is 0 Å². The molecule has 0 unspecified atom stereocenters. The van der Waals surface area contributed by atoms with E-state index in [1.165, 1.54) is 0 Å². The normalized spacial score (nSPS) is 11.8. The zero-order valence-electron chi connectivity index (χ0n) is 11.2. The van der Waals surface area contributed by atoms with Gasteiger partial charge in [-0.15, -0.1) is 0 Å². The van der Waals surface area contributed by atoms with Gasteiger partial charge in [-0.2, -0.15) is 0 Å². The van der Waals surface area contributed by atoms with Gasteiger partial charge in [0.2, 0.25) is 0 Å². The molecule has 0 aliphatic rings. The Morgan fingerprint density at radius 1 is 1.17 bits per heavy atom. The van der Waals surface area contributed by atoms with Crippen molar-refractivity contribution < 1.29 is 4.74 Å². The van der Waals surface area contributed by atoms with E-state index in [9.17, 15) is 0 Å². The average Bonchev–Trinajstić information content (AvgIpc) is 2.25. The van der Waals surface area contributed by atoms with Crippen molar-refractivity contribution in [1.82, 2.24) is 5.32 Å². The minimum Gasteiger partial charge on any atom is -0.385 e. The van der Waals surface area contributed by atoms with Crippen LogP contribution >= 0.6 is 23.2 Å². The molecule has 2 nitrogen and oxygen atoms in total. The number of hydrogen-bond acceptors (Lipinski definition) is 2. The van der Waals surface area contributed by atoms with Crippen molar-refractivity contribution in [1.29, 1.82) is 0 Å². The van der Waals surface area contributed by atoms with Gasteiger partial charge in [0.15, 0.2) is 0 Å². The van der Waals surface area contributed by atoms with E-state index in [0.29, 0.717) is 10.0 Å². The largest absolute Gasteiger partial charge is 0.385 e. The van der Waals surface area contributed by atoms with Crippen molar-refractivity contribution in [3.63, 3.8) is 0 Å². The molecule has 0 aliphatic carbocycles.